The van der Waals surface area contributed by atoms with Crippen LogP contribution in [0.2, 0.25) is 0 Å². The number of rotatable bonds is 9. The maximum atomic E-state index is 11.1. The first-order chi connectivity index (χ1) is 11.2. The Morgan fingerprint density at radius 1 is 0.913 bits per heavy atom. The smallest absolute Gasteiger partial charge is 0.335 e. The zero-order valence-corrected chi connectivity index (χ0v) is 13.6. The molecule has 122 valence electrons. The Morgan fingerprint density at radius 3 is 2.17 bits per heavy atom. The topological polar surface area (TPSA) is 46.5 Å². The van der Waals surface area contributed by atoms with E-state index in [-0.39, 0.29) is 0 Å². The van der Waals surface area contributed by atoms with Crippen LogP contribution < -0.4 is 4.74 Å². The van der Waals surface area contributed by atoms with Crippen molar-refractivity contribution in [1.82, 2.24) is 0 Å². The van der Waals surface area contributed by atoms with Gasteiger partial charge in [-0.1, -0.05) is 43.2 Å². The lowest BCUT2D eigenvalue weighted by atomic mass is 10.0. The molecule has 3 heteroatoms. The second-order valence-corrected chi connectivity index (χ2v) is 5.77. The number of aryl methyl sites for hydroxylation is 2. The van der Waals surface area contributed by atoms with Crippen molar-refractivity contribution < 1.29 is 14.6 Å². The molecule has 0 aliphatic heterocycles. The van der Waals surface area contributed by atoms with Crippen LogP contribution in [0.25, 0.3) is 0 Å². The third-order valence-electron chi connectivity index (χ3n) is 3.97. The van der Waals surface area contributed by atoms with E-state index in [2.05, 4.69) is 24.3 Å². The van der Waals surface area contributed by atoms with Gasteiger partial charge in [0.05, 0.1) is 12.7 Å². The number of carboxylic acids is 1. The van der Waals surface area contributed by atoms with Crippen LogP contribution in [0.5, 0.6) is 5.75 Å². The van der Waals surface area contributed by atoms with E-state index in [1.54, 1.807) is 19.2 Å². The highest BCUT2D eigenvalue weighted by molar-refractivity contribution is 5.88. The molecule has 2 aromatic rings. The summed E-state index contributed by atoms with van der Waals surface area (Å²) in [7, 11) is 1.56. The molecule has 0 atom stereocenters. The third-order valence-corrected chi connectivity index (χ3v) is 3.97. The molecule has 0 amide bonds. The van der Waals surface area contributed by atoms with Gasteiger partial charge in [-0.25, -0.2) is 4.79 Å². The van der Waals surface area contributed by atoms with Crippen LogP contribution in [0, 0.1) is 0 Å². The van der Waals surface area contributed by atoms with Gasteiger partial charge in [0.1, 0.15) is 5.75 Å². The minimum atomic E-state index is -0.909. The lowest BCUT2D eigenvalue weighted by Crippen LogP contribution is -1.99. The molecule has 1 N–H and O–H groups in total. The van der Waals surface area contributed by atoms with Crippen LogP contribution in [0.3, 0.4) is 0 Å². The number of hydrogen-bond acceptors (Lipinski definition) is 2. The van der Waals surface area contributed by atoms with Crippen LogP contribution in [0.15, 0.2) is 48.5 Å². The number of ether oxygens (including phenoxy) is 1. The first-order valence-corrected chi connectivity index (χ1v) is 8.14. The fourth-order valence-electron chi connectivity index (χ4n) is 2.70. The second kappa shape index (κ2) is 8.99. The van der Waals surface area contributed by atoms with Gasteiger partial charge in [0.15, 0.2) is 0 Å². The van der Waals surface area contributed by atoms with E-state index in [0.717, 1.165) is 31.2 Å². The summed E-state index contributed by atoms with van der Waals surface area (Å²) in [4.78, 5) is 11.1. The van der Waals surface area contributed by atoms with Crippen molar-refractivity contribution >= 4 is 5.97 Å². The van der Waals surface area contributed by atoms with Gasteiger partial charge in [-0.15, -0.1) is 0 Å². The first kappa shape index (κ1) is 17.1. The highest BCUT2D eigenvalue weighted by Crippen LogP contribution is 2.19. The fourth-order valence-corrected chi connectivity index (χ4v) is 2.70. The Morgan fingerprint density at radius 2 is 1.57 bits per heavy atom. The molecule has 2 aromatic carbocycles. The van der Waals surface area contributed by atoms with Gasteiger partial charge < -0.3 is 9.84 Å². The highest BCUT2D eigenvalue weighted by atomic mass is 16.5. The molecule has 0 saturated heterocycles. The Bertz CT molecular complexity index is 620. The molecule has 0 saturated carbocycles. The number of carbonyl (C=O) groups is 1. The third kappa shape index (κ3) is 5.78. The Hall–Kier alpha value is -2.29. The first-order valence-electron chi connectivity index (χ1n) is 8.14. The zero-order valence-electron chi connectivity index (χ0n) is 13.6. The van der Waals surface area contributed by atoms with Crippen molar-refractivity contribution in [3.05, 3.63) is 65.2 Å². The predicted molar refractivity (Wildman–Crippen MR) is 92.3 cm³/mol. The van der Waals surface area contributed by atoms with E-state index in [4.69, 9.17) is 9.84 Å². The van der Waals surface area contributed by atoms with E-state index >= 15 is 0 Å². The molecule has 0 aliphatic rings. The largest absolute Gasteiger partial charge is 0.497 e. The van der Waals surface area contributed by atoms with Gasteiger partial charge in [0.2, 0.25) is 0 Å². The second-order valence-electron chi connectivity index (χ2n) is 5.77. The average molecular weight is 312 g/mol. The summed E-state index contributed by atoms with van der Waals surface area (Å²) in [6.45, 7) is 0. The van der Waals surface area contributed by atoms with E-state index < -0.39 is 5.97 Å². The zero-order chi connectivity index (χ0) is 16.5. The van der Waals surface area contributed by atoms with E-state index in [1.165, 1.54) is 18.4 Å². The van der Waals surface area contributed by atoms with E-state index in [1.807, 2.05) is 12.1 Å². The van der Waals surface area contributed by atoms with Crippen LogP contribution in [-0.2, 0) is 12.8 Å². The molecule has 0 aliphatic carbocycles. The summed E-state index contributed by atoms with van der Waals surface area (Å²) in [5.41, 5.74) is 2.72. The van der Waals surface area contributed by atoms with Crippen molar-refractivity contribution in [3.8, 4) is 5.75 Å². The molecule has 0 radical (unpaired) electrons. The minimum Gasteiger partial charge on any atom is -0.497 e. The van der Waals surface area contributed by atoms with Gasteiger partial charge in [-0.3, -0.25) is 0 Å². The molecule has 2 rings (SSSR count). The number of hydrogen-bond donors (Lipinski definition) is 1. The molecular formula is C20H24O3. The number of methoxy groups -OCH3 is 1. The molecule has 0 bridgehead atoms. The molecule has 0 aromatic heterocycles. The molecule has 0 unspecified atom stereocenters. The Balaban J connectivity index is 1.73. The fraction of sp³-hybridized carbons (Fsp3) is 0.350. The molecule has 0 fully saturated rings. The predicted octanol–water partition coefficient (Wildman–Crippen LogP) is 4.74. The molecule has 3 nitrogen and oxygen atoms in total. The van der Waals surface area contributed by atoms with Crippen molar-refractivity contribution in [2.75, 3.05) is 7.11 Å². The number of carboxylic acid groups (broad SMARTS) is 1. The van der Waals surface area contributed by atoms with Gasteiger partial charge in [0, 0.05) is 0 Å². The summed E-state index contributed by atoms with van der Waals surface area (Å²) >= 11 is 0. The van der Waals surface area contributed by atoms with Crippen LogP contribution in [0.1, 0.15) is 47.2 Å². The van der Waals surface area contributed by atoms with E-state index in [0.29, 0.717) is 11.3 Å². The molecule has 0 heterocycles. The van der Waals surface area contributed by atoms with Gasteiger partial charge in [0.25, 0.3) is 0 Å². The normalized spacial score (nSPS) is 10.5. The standard InChI is InChI=1S/C20H24O3/c1-23-19-14-17(13-18(15-19)20(21)22)12-6-3-2-5-9-16-10-7-4-8-11-16/h4,7-8,10-11,13-15H,2-3,5-6,9,12H2,1H3,(H,21,22). The van der Waals surface area contributed by atoms with Gasteiger partial charge >= 0.3 is 5.97 Å². The number of benzene rings is 2. The molecule has 0 spiro atoms. The highest BCUT2D eigenvalue weighted by Gasteiger charge is 2.07. The van der Waals surface area contributed by atoms with Crippen molar-refractivity contribution in [3.63, 3.8) is 0 Å². The molecular weight excluding hydrogens is 288 g/mol. The van der Waals surface area contributed by atoms with Crippen molar-refractivity contribution in [2.45, 2.75) is 38.5 Å². The SMILES string of the molecule is COc1cc(CCCCCCc2ccccc2)cc(C(=O)O)c1. The molecule has 23 heavy (non-hydrogen) atoms. The van der Waals surface area contributed by atoms with E-state index in [9.17, 15) is 4.79 Å². The average Bonchev–Trinajstić information content (AvgIpc) is 2.58. The number of unbranched alkanes of at least 4 members (excludes halogenated alkanes) is 3. The van der Waals surface area contributed by atoms with Gasteiger partial charge in [-0.05, 0) is 55.0 Å². The minimum absolute atomic E-state index is 0.295. The Kier molecular flexibility index (Phi) is 6.67. The summed E-state index contributed by atoms with van der Waals surface area (Å²) in [6, 6.07) is 15.8. The van der Waals surface area contributed by atoms with Crippen molar-refractivity contribution in [2.24, 2.45) is 0 Å². The number of aromatic carboxylic acids is 1. The van der Waals surface area contributed by atoms with Crippen LogP contribution in [-0.4, -0.2) is 18.2 Å². The monoisotopic (exact) mass is 312 g/mol. The maximum Gasteiger partial charge on any atom is 0.335 e. The summed E-state index contributed by atoms with van der Waals surface area (Å²) in [6.07, 6.45) is 6.65. The lowest BCUT2D eigenvalue weighted by Gasteiger charge is -2.07. The summed E-state index contributed by atoms with van der Waals surface area (Å²) in [5.74, 6) is -0.294. The van der Waals surface area contributed by atoms with Crippen molar-refractivity contribution in [1.29, 1.82) is 0 Å². The van der Waals surface area contributed by atoms with Gasteiger partial charge in [-0.2, -0.15) is 0 Å². The maximum absolute atomic E-state index is 11.1. The lowest BCUT2D eigenvalue weighted by molar-refractivity contribution is 0.0696. The summed E-state index contributed by atoms with van der Waals surface area (Å²) < 4.78 is 5.18. The Labute approximate surface area is 137 Å². The quantitative estimate of drug-likeness (QED) is 0.680. The van der Waals surface area contributed by atoms with Crippen LogP contribution in [0.4, 0.5) is 0 Å². The van der Waals surface area contributed by atoms with Crippen LogP contribution >= 0.6 is 0 Å². The summed E-state index contributed by atoms with van der Waals surface area (Å²) in [5, 5.41) is 9.12.